The summed E-state index contributed by atoms with van der Waals surface area (Å²) in [4.78, 5) is 0. The Labute approximate surface area is 107 Å². The summed E-state index contributed by atoms with van der Waals surface area (Å²) in [7, 11) is 0. The minimum Gasteiger partial charge on any atom is -0.508 e. The van der Waals surface area contributed by atoms with E-state index in [2.05, 4.69) is 6.58 Å². The molecule has 2 aliphatic rings. The molecule has 1 fully saturated rings. The lowest BCUT2D eigenvalue weighted by Gasteiger charge is -2.27. The van der Waals surface area contributed by atoms with Crippen molar-refractivity contribution in [1.82, 2.24) is 0 Å². The molecule has 0 radical (unpaired) electrons. The summed E-state index contributed by atoms with van der Waals surface area (Å²) in [6.45, 7) is 3.69. The van der Waals surface area contributed by atoms with Gasteiger partial charge in [-0.05, 0) is 31.4 Å². The first-order valence-corrected chi connectivity index (χ1v) is 6.50. The molecular weight excluding hydrogens is 228 g/mol. The summed E-state index contributed by atoms with van der Waals surface area (Å²) in [5.41, 5.74) is 1.94. The van der Waals surface area contributed by atoms with Crippen LogP contribution in [0.3, 0.4) is 0 Å². The predicted molar refractivity (Wildman–Crippen MR) is 69.0 cm³/mol. The number of aliphatic hydroxyl groups excluding tert-OH is 1. The molecule has 0 saturated heterocycles. The molecule has 3 rings (SSSR count). The zero-order chi connectivity index (χ0) is 12.7. The second-order valence-electron chi connectivity index (χ2n) is 5.24. The van der Waals surface area contributed by atoms with Gasteiger partial charge < -0.3 is 14.9 Å². The lowest BCUT2D eigenvalue weighted by Crippen LogP contribution is -2.30. The van der Waals surface area contributed by atoms with Crippen LogP contribution in [-0.4, -0.2) is 22.4 Å². The molecule has 0 bridgehead atoms. The number of aromatic hydroxyl groups is 1. The molecule has 0 amide bonds. The van der Waals surface area contributed by atoms with Crippen molar-refractivity contribution >= 4 is 0 Å². The second-order valence-corrected chi connectivity index (χ2v) is 5.24. The highest BCUT2D eigenvalue weighted by Crippen LogP contribution is 2.47. The van der Waals surface area contributed by atoms with Crippen molar-refractivity contribution in [3.05, 3.63) is 35.9 Å². The first-order chi connectivity index (χ1) is 8.69. The van der Waals surface area contributed by atoms with Crippen molar-refractivity contribution in [2.24, 2.45) is 0 Å². The molecular formula is C15H18O3. The lowest BCUT2D eigenvalue weighted by molar-refractivity contribution is 0.0551. The summed E-state index contributed by atoms with van der Waals surface area (Å²) in [6, 6.07) is 3.74. The van der Waals surface area contributed by atoms with Crippen molar-refractivity contribution in [2.45, 2.75) is 43.8 Å². The van der Waals surface area contributed by atoms with Crippen LogP contribution in [0.4, 0.5) is 0 Å². The van der Waals surface area contributed by atoms with E-state index in [1.807, 2.05) is 12.1 Å². The molecule has 1 aromatic carbocycles. The summed E-state index contributed by atoms with van der Waals surface area (Å²) < 4.78 is 5.92. The summed E-state index contributed by atoms with van der Waals surface area (Å²) in [5.74, 6) is 1.52. The van der Waals surface area contributed by atoms with Crippen molar-refractivity contribution in [2.75, 3.05) is 0 Å². The minimum atomic E-state index is -0.248. The Morgan fingerprint density at radius 3 is 3.00 bits per heavy atom. The number of rotatable bonds is 2. The van der Waals surface area contributed by atoms with Gasteiger partial charge in [-0.2, -0.15) is 0 Å². The smallest absolute Gasteiger partial charge is 0.123 e. The number of ether oxygens (including phenoxy) is 1. The summed E-state index contributed by atoms with van der Waals surface area (Å²) in [6.07, 6.45) is 4.67. The van der Waals surface area contributed by atoms with Gasteiger partial charge in [0.25, 0.3) is 0 Å². The average Bonchev–Trinajstić information content (AvgIpc) is 2.66. The van der Waals surface area contributed by atoms with Gasteiger partial charge in [-0.3, -0.25) is 0 Å². The Bertz CT molecular complexity index is 481. The molecule has 3 atom stereocenters. The molecule has 0 aromatic heterocycles. The summed E-state index contributed by atoms with van der Waals surface area (Å²) in [5, 5.41) is 19.7. The van der Waals surface area contributed by atoms with Gasteiger partial charge in [-0.25, -0.2) is 0 Å². The van der Waals surface area contributed by atoms with Gasteiger partial charge in [0.1, 0.15) is 17.6 Å². The molecule has 3 nitrogen and oxygen atoms in total. The first kappa shape index (κ1) is 11.6. The average molecular weight is 246 g/mol. The molecule has 1 heterocycles. The largest absolute Gasteiger partial charge is 0.508 e. The minimum absolute atomic E-state index is 0.0714. The number of fused-ring (bicyclic) bond motifs is 3. The number of hydrogen-bond acceptors (Lipinski definition) is 3. The number of benzene rings is 1. The van der Waals surface area contributed by atoms with Gasteiger partial charge in [-0.1, -0.05) is 6.08 Å². The van der Waals surface area contributed by atoms with Gasteiger partial charge in [0, 0.05) is 23.5 Å². The van der Waals surface area contributed by atoms with Gasteiger partial charge >= 0.3 is 0 Å². The maximum Gasteiger partial charge on any atom is 0.123 e. The number of hydrogen-bond donors (Lipinski definition) is 2. The van der Waals surface area contributed by atoms with Crippen LogP contribution in [-0.2, 0) is 6.42 Å². The van der Waals surface area contributed by atoms with Crippen LogP contribution >= 0.6 is 0 Å². The van der Waals surface area contributed by atoms with E-state index in [9.17, 15) is 10.2 Å². The fraction of sp³-hybridized carbons (Fsp3) is 0.467. The van der Waals surface area contributed by atoms with E-state index >= 15 is 0 Å². The van der Waals surface area contributed by atoms with Gasteiger partial charge in [0.2, 0.25) is 0 Å². The third-order valence-electron chi connectivity index (χ3n) is 4.02. The quantitative estimate of drug-likeness (QED) is 0.788. The molecule has 0 unspecified atom stereocenters. The van der Waals surface area contributed by atoms with Gasteiger partial charge in [0.15, 0.2) is 0 Å². The SMILES string of the molecule is C=CCc1cc2c(cc1O)[C@H]1CC[C@@H](O)C[C@@H]1O2. The first-order valence-electron chi connectivity index (χ1n) is 6.50. The molecule has 1 saturated carbocycles. The molecule has 0 spiro atoms. The van der Waals surface area contributed by atoms with Crippen LogP contribution in [0, 0.1) is 0 Å². The standard InChI is InChI=1S/C15H18O3/c1-2-3-9-6-14-12(8-13(9)17)11-5-4-10(16)7-15(11)18-14/h2,6,8,10-11,15-17H,1,3-5,7H2/t10-,11-,15+/m1/s1. The van der Waals surface area contributed by atoms with E-state index in [4.69, 9.17) is 4.74 Å². The van der Waals surface area contributed by atoms with Crippen LogP contribution < -0.4 is 4.74 Å². The second kappa shape index (κ2) is 4.32. The third kappa shape index (κ3) is 1.79. The number of aliphatic hydroxyl groups is 1. The van der Waals surface area contributed by atoms with Crippen LogP contribution in [0.15, 0.2) is 24.8 Å². The Hall–Kier alpha value is -1.48. The van der Waals surface area contributed by atoms with Crippen LogP contribution in [0.2, 0.25) is 0 Å². The molecule has 2 N–H and O–H groups in total. The van der Waals surface area contributed by atoms with E-state index < -0.39 is 0 Å². The van der Waals surface area contributed by atoms with Crippen molar-refractivity contribution in [3.8, 4) is 11.5 Å². The van der Waals surface area contributed by atoms with Crippen LogP contribution in [0.5, 0.6) is 11.5 Å². The van der Waals surface area contributed by atoms with E-state index in [1.165, 1.54) is 0 Å². The van der Waals surface area contributed by atoms with E-state index in [0.29, 0.717) is 24.5 Å². The third-order valence-corrected chi connectivity index (χ3v) is 4.02. The molecule has 1 aromatic rings. The molecule has 1 aliphatic heterocycles. The maximum atomic E-state index is 10.00. The van der Waals surface area contributed by atoms with E-state index in [-0.39, 0.29) is 12.2 Å². The van der Waals surface area contributed by atoms with Crippen molar-refractivity contribution in [1.29, 1.82) is 0 Å². The highest BCUT2D eigenvalue weighted by atomic mass is 16.5. The number of phenolic OH excluding ortho intramolecular Hbond substituents is 1. The molecule has 96 valence electrons. The summed E-state index contributed by atoms with van der Waals surface area (Å²) >= 11 is 0. The van der Waals surface area contributed by atoms with Crippen molar-refractivity contribution in [3.63, 3.8) is 0 Å². The molecule has 1 aliphatic carbocycles. The Kier molecular flexibility index (Phi) is 2.78. The Morgan fingerprint density at radius 2 is 2.22 bits per heavy atom. The van der Waals surface area contributed by atoms with Crippen LogP contribution in [0.25, 0.3) is 0 Å². The fourth-order valence-electron chi connectivity index (χ4n) is 3.09. The predicted octanol–water partition coefficient (Wildman–Crippen LogP) is 2.51. The zero-order valence-corrected chi connectivity index (χ0v) is 10.3. The van der Waals surface area contributed by atoms with E-state index in [1.54, 1.807) is 6.08 Å². The topological polar surface area (TPSA) is 49.7 Å². The number of allylic oxidation sites excluding steroid dienone is 1. The lowest BCUT2D eigenvalue weighted by atomic mass is 9.81. The molecule has 3 heteroatoms. The Morgan fingerprint density at radius 1 is 1.39 bits per heavy atom. The van der Waals surface area contributed by atoms with E-state index in [0.717, 1.165) is 29.7 Å². The normalized spacial score (nSPS) is 29.3. The van der Waals surface area contributed by atoms with Crippen molar-refractivity contribution < 1.29 is 14.9 Å². The molecule has 18 heavy (non-hydrogen) atoms. The van der Waals surface area contributed by atoms with Crippen LogP contribution in [0.1, 0.15) is 36.3 Å². The monoisotopic (exact) mass is 246 g/mol. The maximum absolute atomic E-state index is 10.00. The van der Waals surface area contributed by atoms with Gasteiger partial charge in [-0.15, -0.1) is 6.58 Å². The Balaban J connectivity index is 1.95. The number of phenols is 1. The highest BCUT2D eigenvalue weighted by molar-refractivity contribution is 5.51. The van der Waals surface area contributed by atoms with Gasteiger partial charge in [0.05, 0.1) is 6.10 Å². The fourth-order valence-corrected chi connectivity index (χ4v) is 3.09. The highest BCUT2D eigenvalue weighted by Gasteiger charge is 2.39. The zero-order valence-electron chi connectivity index (χ0n) is 10.3.